The van der Waals surface area contributed by atoms with Crippen LogP contribution in [0.1, 0.15) is 29.7 Å². The number of sulfone groups is 1. The molecular weight excluding hydrogens is 282 g/mol. The van der Waals surface area contributed by atoms with Gasteiger partial charge >= 0.3 is 0 Å². The van der Waals surface area contributed by atoms with Gasteiger partial charge in [0.05, 0.1) is 4.90 Å². The summed E-state index contributed by atoms with van der Waals surface area (Å²) in [5.74, 6) is 0. The van der Waals surface area contributed by atoms with Gasteiger partial charge in [-0.25, -0.2) is 8.42 Å². The van der Waals surface area contributed by atoms with E-state index in [9.17, 15) is 8.42 Å². The highest BCUT2D eigenvalue weighted by molar-refractivity contribution is 7.90. The first-order valence-electron chi connectivity index (χ1n) is 6.91. The molecule has 1 unspecified atom stereocenters. The molecule has 3 nitrogen and oxygen atoms in total. The Labute approximate surface area is 126 Å². The van der Waals surface area contributed by atoms with E-state index in [1.54, 1.807) is 12.1 Å². The van der Waals surface area contributed by atoms with Gasteiger partial charge in [0, 0.05) is 18.0 Å². The van der Waals surface area contributed by atoms with Crippen LogP contribution in [0.15, 0.2) is 47.4 Å². The lowest BCUT2D eigenvalue weighted by molar-refractivity contribution is 0.602. The fourth-order valence-corrected chi connectivity index (χ4v) is 2.81. The predicted octanol–water partition coefficient (Wildman–Crippen LogP) is 3.88. The molecule has 0 spiro atoms. The van der Waals surface area contributed by atoms with E-state index >= 15 is 0 Å². The lowest BCUT2D eigenvalue weighted by Crippen LogP contribution is -2.08. The number of nitrogens with one attached hydrogen (secondary N) is 1. The topological polar surface area (TPSA) is 46.2 Å². The molecule has 2 aromatic carbocycles. The third-order valence-electron chi connectivity index (χ3n) is 3.59. The number of anilines is 1. The van der Waals surface area contributed by atoms with E-state index in [1.165, 1.54) is 17.4 Å². The molecule has 112 valence electrons. The van der Waals surface area contributed by atoms with Gasteiger partial charge in [0.1, 0.15) is 0 Å². The molecule has 0 bridgehead atoms. The summed E-state index contributed by atoms with van der Waals surface area (Å²) in [5.41, 5.74) is 4.28. The Bertz CT molecular complexity index is 734. The molecule has 0 aliphatic heterocycles. The maximum atomic E-state index is 11.7. The summed E-state index contributed by atoms with van der Waals surface area (Å²) in [6, 6.07) is 13.6. The Balaban J connectivity index is 2.28. The summed E-state index contributed by atoms with van der Waals surface area (Å²) in [5, 5.41) is 3.39. The first-order chi connectivity index (χ1) is 9.77. The van der Waals surface area contributed by atoms with Crippen molar-refractivity contribution in [3.63, 3.8) is 0 Å². The van der Waals surface area contributed by atoms with Crippen LogP contribution >= 0.6 is 0 Å². The first kappa shape index (κ1) is 15.6. The average Bonchev–Trinajstić information content (AvgIpc) is 2.40. The molecule has 0 saturated carbocycles. The van der Waals surface area contributed by atoms with E-state index in [0.29, 0.717) is 4.90 Å². The highest BCUT2D eigenvalue weighted by Gasteiger charge is 2.11. The minimum absolute atomic E-state index is 0.110. The van der Waals surface area contributed by atoms with Crippen LogP contribution < -0.4 is 5.32 Å². The van der Waals surface area contributed by atoms with Crippen molar-refractivity contribution in [3.8, 4) is 0 Å². The summed E-state index contributed by atoms with van der Waals surface area (Å²) in [7, 11) is -3.19. The zero-order valence-corrected chi connectivity index (χ0v) is 13.7. The van der Waals surface area contributed by atoms with E-state index in [1.807, 2.05) is 13.0 Å². The lowest BCUT2D eigenvalue weighted by atomic mass is 10.1. The number of aryl methyl sites for hydroxylation is 2. The first-order valence-corrected chi connectivity index (χ1v) is 8.80. The van der Waals surface area contributed by atoms with E-state index < -0.39 is 9.84 Å². The lowest BCUT2D eigenvalue weighted by Gasteiger charge is -2.18. The van der Waals surface area contributed by atoms with Crippen molar-refractivity contribution in [2.75, 3.05) is 11.6 Å². The molecule has 21 heavy (non-hydrogen) atoms. The molecule has 0 amide bonds. The maximum Gasteiger partial charge on any atom is 0.175 e. The minimum Gasteiger partial charge on any atom is -0.378 e. The molecular formula is C17H21NO2S. The fourth-order valence-electron chi connectivity index (χ4n) is 2.16. The van der Waals surface area contributed by atoms with E-state index in [0.717, 1.165) is 11.3 Å². The minimum atomic E-state index is -3.19. The molecule has 0 heterocycles. The van der Waals surface area contributed by atoms with Gasteiger partial charge < -0.3 is 5.32 Å². The van der Waals surface area contributed by atoms with Gasteiger partial charge in [-0.15, -0.1) is 0 Å². The summed E-state index contributed by atoms with van der Waals surface area (Å²) in [4.78, 5) is 0.340. The monoisotopic (exact) mass is 303 g/mol. The Morgan fingerprint density at radius 1 is 1.00 bits per heavy atom. The summed E-state index contributed by atoms with van der Waals surface area (Å²) in [6.45, 7) is 6.09. The van der Waals surface area contributed by atoms with Gasteiger partial charge in [0.2, 0.25) is 0 Å². The second-order valence-corrected chi connectivity index (χ2v) is 7.54. The van der Waals surface area contributed by atoms with Gasteiger partial charge in [-0.3, -0.25) is 0 Å². The van der Waals surface area contributed by atoms with Gasteiger partial charge in [-0.05, 0) is 44.0 Å². The van der Waals surface area contributed by atoms with E-state index in [-0.39, 0.29) is 6.04 Å². The van der Waals surface area contributed by atoms with E-state index in [2.05, 4.69) is 43.4 Å². The van der Waals surface area contributed by atoms with Crippen molar-refractivity contribution in [1.29, 1.82) is 0 Å². The molecule has 0 saturated heterocycles. The standard InChI is InChI=1S/C17H21NO2S/c1-12-5-8-15(9-6-12)14(3)18-17-11-16(21(4,19)20)10-7-13(17)2/h5-11,14,18H,1-4H3. The van der Waals surface area contributed by atoms with Crippen LogP contribution in [0.3, 0.4) is 0 Å². The Morgan fingerprint density at radius 3 is 2.19 bits per heavy atom. The van der Waals surface area contributed by atoms with Gasteiger partial charge in [-0.1, -0.05) is 35.9 Å². The summed E-state index contributed by atoms with van der Waals surface area (Å²) in [6.07, 6.45) is 1.23. The molecule has 0 radical (unpaired) electrons. The Kier molecular flexibility index (Phi) is 4.37. The summed E-state index contributed by atoms with van der Waals surface area (Å²) < 4.78 is 23.3. The smallest absolute Gasteiger partial charge is 0.175 e. The molecule has 0 aromatic heterocycles. The number of hydrogen-bond donors (Lipinski definition) is 1. The van der Waals surface area contributed by atoms with Crippen LogP contribution in [0.4, 0.5) is 5.69 Å². The largest absolute Gasteiger partial charge is 0.378 e. The molecule has 0 aliphatic carbocycles. The predicted molar refractivity (Wildman–Crippen MR) is 87.5 cm³/mol. The van der Waals surface area contributed by atoms with Gasteiger partial charge in [-0.2, -0.15) is 0 Å². The fraction of sp³-hybridized carbons (Fsp3) is 0.294. The Morgan fingerprint density at radius 2 is 1.62 bits per heavy atom. The second-order valence-electron chi connectivity index (χ2n) is 5.53. The van der Waals surface area contributed by atoms with Crippen molar-refractivity contribution in [1.82, 2.24) is 0 Å². The third kappa shape index (κ3) is 3.85. The van der Waals surface area contributed by atoms with Crippen molar-refractivity contribution in [2.24, 2.45) is 0 Å². The van der Waals surface area contributed by atoms with Gasteiger partial charge in [0.25, 0.3) is 0 Å². The quantitative estimate of drug-likeness (QED) is 0.932. The molecule has 2 rings (SSSR count). The molecule has 2 aromatic rings. The molecule has 1 atom stereocenters. The van der Waals surface area contributed by atoms with Crippen LogP contribution in [0.5, 0.6) is 0 Å². The van der Waals surface area contributed by atoms with Crippen LogP contribution in [-0.4, -0.2) is 14.7 Å². The van der Waals surface area contributed by atoms with Gasteiger partial charge in [0.15, 0.2) is 9.84 Å². The van der Waals surface area contributed by atoms with Crippen LogP contribution in [0.25, 0.3) is 0 Å². The zero-order valence-electron chi connectivity index (χ0n) is 12.8. The van der Waals surface area contributed by atoms with Crippen LogP contribution in [0.2, 0.25) is 0 Å². The molecule has 1 N–H and O–H groups in total. The number of benzene rings is 2. The number of hydrogen-bond acceptors (Lipinski definition) is 3. The van der Waals surface area contributed by atoms with E-state index in [4.69, 9.17) is 0 Å². The normalized spacial score (nSPS) is 13.0. The Hall–Kier alpha value is -1.81. The highest BCUT2D eigenvalue weighted by atomic mass is 32.2. The molecule has 0 fully saturated rings. The second kappa shape index (κ2) is 5.90. The molecule has 0 aliphatic rings. The number of rotatable bonds is 4. The maximum absolute atomic E-state index is 11.7. The zero-order chi connectivity index (χ0) is 15.6. The highest BCUT2D eigenvalue weighted by Crippen LogP contribution is 2.25. The van der Waals surface area contributed by atoms with Crippen molar-refractivity contribution >= 4 is 15.5 Å². The average molecular weight is 303 g/mol. The van der Waals surface area contributed by atoms with Crippen molar-refractivity contribution in [2.45, 2.75) is 31.7 Å². The van der Waals surface area contributed by atoms with Crippen LogP contribution in [-0.2, 0) is 9.84 Å². The summed E-state index contributed by atoms with van der Waals surface area (Å²) >= 11 is 0. The van der Waals surface area contributed by atoms with Crippen molar-refractivity contribution < 1.29 is 8.42 Å². The van der Waals surface area contributed by atoms with Crippen LogP contribution in [0, 0.1) is 13.8 Å². The SMILES string of the molecule is Cc1ccc(C(C)Nc2cc(S(C)(=O)=O)ccc2C)cc1. The van der Waals surface area contributed by atoms with Crippen molar-refractivity contribution in [3.05, 3.63) is 59.2 Å². The molecule has 4 heteroatoms. The third-order valence-corrected chi connectivity index (χ3v) is 4.70.